The lowest BCUT2D eigenvalue weighted by Crippen LogP contribution is -2.38. The highest BCUT2D eigenvalue weighted by Gasteiger charge is 2.22. The molecule has 1 rings (SSSR count). The Morgan fingerprint density at radius 3 is 2.59 bits per heavy atom. The minimum atomic E-state index is -0.287. The van der Waals surface area contributed by atoms with Gasteiger partial charge in [0, 0.05) is 19.8 Å². The molecular weight excluding hydrogens is 214 g/mol. The normalized spacial score (nSPS) is 14.5. The lowest BCUT2D eigenvalue weighted by molar-refractivity contribution is -0.0351. The maximum absolute atomic E-state index is 8.73. The Morgan fingerprint density at radius 1 is 1.29 bits per heavy atom. The van der Waals surface area contributed by atoms with Crippen molar-refractivity contribution in [1.82, 2.24) is 0 Å². The van der Waals surface area contributed by atoms with Gasteiger partial charge in [0.2, 0.25) is 0 Å². The van der Waals surface area contributed by atoms with Crippen LogP contribution in [0.1, 0.15) is 25.3 Å². The molecule has 1 aromatic rings. The van der Waals surface area contributed by atoms with Crippen LogP contribution in [0.3, 0.4) is 0 Å². The zero-order valence-electron chi connectivity index (χ0n) is 10.6. The second-order valence-corrected chi connectivity index (χ2v) is 4.57. The van der Waals surface area contributed by atoms with Crippen LogP contribution in [-0.2, 0) is 11.2 Å². The fourth-order valence-corrected chi connectivity index (χ4v) is 1.67. The van der Waals surface area contributed by atoms with Crippen molar-refractivity contribution >= 4 is 0 Å². The molecule has 3 N–H and O–H groups in total. The highest BCUT2D eigenvalue weighted by Crippen LogP contribution is 2.17. The molecule has 0 aliphatic carbocycles. The van der Waals surface area contributed by atoms with E-state index in [1.54, 1.807) is 0 Å². The molecule has 3 nitrogen and oxygen atoms in total. The smallest absolute Gasteiger partial charge is 0.0779 e. The number of aryl methyl sites for hydroxylation is 1. The molecule has 0 aromatic heterocycles. The minimum Gasteiger partial charge on any atom is -0.396 e. The standard InChI is InChI=1S/C14H23NO2/c1-14(12-15,17-11-5-10-16)9-8-13-6-3-2-4-7-13/h2-4,6-7,16H,5,8-12,15H2,1H3. The van der Waals surface area contributed by atoms with Crippen molar-refractivity contribution in [2.75, 3.05) is 19.8 Å². The summed E-state index contributed by atoms with van der Waals surface area (Å²) in [5, 5.41) is 8.73. The first-order valence-electron chi connectivity index (χ1n) is 6.19. The van der Waals surface area contributed by atoms with Gasteiger partial charge < -0.3 is 15.6 Å². The quantitative estimate of drug-likeness (QED) is 0.677. The third-order valence-electron chi connectivity index (χ3n) is 2.97. The Hall–Kier alpha value is -0.900. The van der Waals surface area contributed by atoms with Gasteiger partial charge in [-0.2, -0.15) is 0 Å². The van der Waals surface area contributed by atoms with Crippen LogP contribution in [0.4, 0.5) is 0 Å². The maximum Gasteiger partial charge on any atom is 0.0779 e. The summed E-state index contributed by atoms with van der Waals surface area (Å²) in [5.74, 6) is 0. The number of ether oxygens (including phenoxy) is 1. The molecule has 0 amide bonds. The predicted octanol–water partition coefficient (Wildman–Crippen LogP) is 1.74. The van der Waals surface area contributed by atoms with E-state index in [1.165, 1.54) is 5.56 Å². The summed E-state index contributed by atoms with van der Waals surface area (Å²) in [6.45, 7) is 3.27. The molecule has 0 spiro atoms. The van der Waals surface area contributed by atoms with Crippen LogP contribution < -0.4 is 5.73 Å². The largest absolute Gasteiger partial charge is 0.396 e. The molecule has 96 valence electrons. The number of aliphatic hydroxyl groups excluding tert-OH is 1. The van der Waals surface area contributed by atoms with Crippen LogP contribution in [0.2, 0.25) is 0 Å². The number of benzene rings is 1. The molecule has 0 radical (unpaired) electrons. The molecule has 0 saturated carbocycles. The molecular formula is C14H23NO2. The predicted molar refractivity (Wildman–Crippen MR) is 69.9 cm³/mol. The summed E-state index contributed by atoms with van der Waals surface area (Å²) >= 11 is 0. The van der Waals surface area contributed by atoms with Crippen molar-refractivity contribution in [3.63, 3.8) is 0 Å². The second-order valence-electron chi connectivity index (χ2n) is 4.57. The van der Waals surface area contributed by atoms with Crippen molar-refractivity contribution in [2.45, 2.75) is 31.8 Å². The molecule has 0 fully saturated rings. The lowest BCUT2D eigenvalue weighted by atomic mass is 9.96. The fourth-order valence-electron chi connectivity index (χ4n) is 1.67. The average molecular weight is 237 g/mol. The molecule has 1 unspecified atom stereocenters. The van der Waals surface area contributed by atoms with Crippen LogP contribution in [0.15, 0.2) is 30.3 Å². The number of rotatable bonds is 8. The van der Waals surface area contributed by atoms with Gasteiger partial charge in [0.05, 0.1) is 5.60 Å². The number of hydrogen-bond donors (Lipinski definition) is 2. The van der Waals surface area contributed by atoms with Gasteiger partial charge in [-0.1, -0.05) is 30.3 Å². The highest BCUT2D eigenvalue weighted by molar-refractivity contribution is 5.15. The Bertz CT molecular complexity index is 302. The minimum absolute atomic E-state index is 0.166. The summed E-state index contributed by atoms with van der Waals surface area (Å²) in [4.78, 5) is 0. The van der Waals surface area contributed by atoms with Crippen molar-refractivity contribution in [3.05, 3.63) is 35.9 Å². The van der Waals surface area contributed by atoms with Crippen molar-refractivity contribution in [2.24, 2.45) is 5.73 Å². The molecule has 0 aliphatic heterocycles. The lowest BCUT2D eigenvalue weighted by Gasteiger charge is -2.28. The molecule has 0 aliphatic rings. The van der Waals surface area contributed by atoms with Gasteiger partial charge in [0.25, 0.3) is 0 Å². The van der Waals surface area contributed by atoms with Crippen molar-refractivity contribution in [1.29, 1.82) is 0 Å². The van der Waals surface area contributed by atoms with Gasteiger partial charge in [-0.25, -0.2) is 0 Å². The van der Waals surface area contributed by atoms with E-state index in [0.717, 1.165) is 12.8 Å². The van der Waals surface area contributed by atoms with Crippen LogP contribution in [0, 0.1) is 0 Å². The molecule has 1 aromatic carbocycles. The zero-order chi connectivity index (χ0) is 12.6. The topological polar surface area (TPSA) is 55.5 Å². The summed E-state index contributed by atoms with van der Waals surface area (Å²) in [6.07, 6.45) is 2.54. The molecule has 17 heavy (non-hydrogen) atoms. The molecule has 1 atom stereocenters. The van der Waals surface area contributed by atoms with Gasteiger partial charge in [0.15, 0.2) is 0 Å². The van der Waals surface area contributed by atoms with E-state index in [-0.39, 0.29) is 12.2 Å². The SMILES string of the molecule is CC(CN)(CCc1ccccc1)OCCCO. The molecule has 0 bridgehead atoms. The van der Waals surface area contributed by atoms with E-state index >= 15 is 0 Å². The van der Waals surface area contributed by atoms with E-state index in [0.29, 0.717) is 19.6 Å². The number of nitrogens with two attached hydrogens (primary N) is 1. The van der Waals surface area contributed by atoms with Gasteiger partial charge >= 0.3 is 0 Å². The van der Waals surface area contributed by atoms with Crippen LogP contribution in [0.25, 0.3) is 0 Å². The Labute approximate surface area is 104 Å². The van der Waals surface area contributed by atoms with Crippen LogP contribution in [-0.4, -0.2) is 30.5 Å². The summed E-state index contributed by atoms with van der Waals surface area (Å²) in [6, 6.07) is 10.3. The first-order valence-corrected chi connectivity index (χ1v) is 6.19. The summed E-state index contributed by atoms with van der Waals surface area (Å²) < 4.78 is 5.76. The summed E-state index contributed by atoms with van der Waals surface area (Å²) in [7, 11) is 0. The van der Waals surface area contributed by atoms with Gasteiger partial charge in [-0.3, -0.25) is 0 Å². The van der Waals surface area contributed by atoms with Gasteiger partial charge in [-0.15, -0.1) is 0 Å². The number of aliphatic hydroxyl groups is 1. The van der Waals surface area contributed by atoms with E-state index in [4.69, 9.17) is 15.6 Å². The number of hydrogen-bond acceptors (Lipinski definition) is 3. The van der Waals surface area contributed by atoms with Gasteiger partial charge in [0.1, 0.15) is 0 Å². The van der Waals surface area contributed by atoms with Crippen LogP contribution in [0.5, 0.6) is 0 Å². The van der Waals surface area contributed by atoms with E-state index in [1.807, 2.05) is 25.1 Å². The molecule has 0 saturated heterocycles. The highest BCUT2D eigenvalue weighted by atomic mass is 16.5. The Balaban J connectivity index is 2.40. The van der Waals surface area contributed by atoms with E-state index < -0.39 is 0 Å². The van der Waals surface area contributed by atoms with Crippen molar-refractivity contribution < 1.29 is 9.84 Å². The fraction of sp³-hybridized carbons (Fsp3) is 0.571. The molecule has 0 heterocycles. The van der Waals surface area contributed by atoms with E-state index in [9.17, 15) is 0 Å². The zero-order valence-corrected chi connectivity index (χ0v) is 10.6. The van der Waals surface area contributed by atoms with Gasteiger partial charge in [-0.05, 0) is 31.7 Å². The first-order chi connectivity index (χ1) is 8.20. The Morgan fingerprint density at radius 2 is 2.00 bits per heavy atom. The van der Waals surface area contributed by atoms with E-state index in [2.05, 4.69) is 12.1 Å². The molecule has 3 heteroatoms. The first kappa shape index (κ1) is 14.2. The summed E-state index contributed by atoms with van der Waals surface area (Å²) in [5.41, 5.74) is 6.78. The van der Waals surface area contributed by atoms with Crippen molar-refractivity contribution in [3.8, 4) is 0 Å². The maximum atomic E-state index is 8.73. The third-order valence-corrected chi connectivity index (χ3v) is 2.97. The third kappa shape index (κ3) is 5.31. The second kappa shape index (κ2) is 7.43. The average Bonchev–Trinajstić information content (AvgIpc) is 2.38. The monoisotopic (exact) mass is 237 g/mol. The van der Waals surface area contributed by atoms with Crippen LogP contribution >= 0.6 is 0 Å². The Kier molecular flexibility index (Phi) is 6.19.